The molecule has 0 bridgehead atoms. The molecule has 1 heterocycles. The summed E-state index contributed by atoms with van der Waals surface area (Å²) in [5.41, 5.74) is 0.790. The highest BCUT2D eigenvalue weighted by Crippen LogP contribution is 2.47. The summed E-state index contributed by atoms with van der Waals surface area (Å²) in [5, 5.41) is 17.8. The molecule has 0 saturated heterocycles. The van der Waals surface area contributed by atoms with E-state index in [9.17, 15) is 15.0 Å². The quantitative estimate of drug-likeness (QED) is 0.391. The Morgan fingerprint density at radius 1 is 1.43 bits per heavy atom. The predicted molar refractivity (Wildman–Crippen MR) is 48.7 cm³/mol. The Morgan fingerprint density at radius 2 is 2.07 bits per heavy atom. The normalized spacial score (nSPS) is 19.3. The molecule has 0 aromatic heterocycles. The van der Waals surface area contributed by atoms with Gasteiger partial charge in [0.15, 0.2) is 16.9 Å². The Morgan fingerprint density at radius 3 is 2.71 bits per heavy atom. The number of benzene rings is 1. The first-order valence-electron chi connectivity index (χ1n) is 3.93. The fraction of sp³-hybridized carbons (Fsp3) is 0.222. The van der Waals surface area contributed by atoms with E-state index in [4.69, 9.17) is 16.3 Å². The minimum atomic E-state index is -0.956. The maximum absolute atomic E-state index is 11.1. The Hall–Kier alpha value is -1.42. The summed E-state index contributed by atoms with van der Waals surface area (Å²) >= 11 is 5.75. The molecule has 0 amide bonds. The number of carbonyl (C=O) groups is 1. The lowest BCUT2D eigenvalue weighted by atomic mass is 10.0. The van der Waals surface area contributed by atoms with Gasteiger partial charge in [-0.15, -0.1) is 11.6 Å². The summed E-state index contributed by atoms with van der Waals surface area (Å²) in [6.07, 6.45) is 0. The van der Waals surface area contributed by atoms with E-state index in [2.05, 4.69) is 0 Å². The maximum atomic E-state index is 11.1. The van der Waals surface area contributed by atoms with Crippen molar-refractivity contribution in [1.82, 2.24) is 0 Å². The maximum Gasteiger partial charge on any atom is 0.334 e. The van der Waals surface area contributed by atoms with Gasteiger partial charge in [0, 0.05) is 17.2 Å². The molecule has 74 valence electrons. The van der Waals surface area contributed by atoms with Crippen LogP contribution >= 0.6 is 11.6 Å². The molecule has 0 aliphatic carbocycles. The van der Waals surface area contributed by atoms with Crippen molar-refractivity contribution in [2.45, 2.75) is 12.3 Å². The molecular weight excluding hydrogens is 208 g/mol. The van der Waals surface area contributed by atoms with E-state index in [0.29, 0.717) is 11.1 Å². The number of ether oxygens (including phenoxy) is 1. The highest BCUT2D eigenvalue weighted by Gasteiger charge is 2.36. The summed E-state index contributed by atoms with van der Waals surface area (Å²) < 4.78 is 4.75. The Bertz CT molecular complexity index is 427. The van der Waals surface area contributed by atoms with Crippen LogP contribution in [0.15, 0.2) is 6.07 Å². The van der Waals surface area contributed by atoms with Crippen molar-refractivity contribution in [3.8, 4) is 17.2 Å². The van der Waals surface area contributed by atoms with Crippen LogP contribution in [-0.2, 0) is 4.79 Å². The van der Waals surface area contributed by atoms with Crippen molar-refractivity contribution < 1.29 is 19.7 Å². The first kappa shape index (κ1) is 9.15. The van der Waals surface area contributed by atoms with Crippen LogP contribution in [-0.4, -0.2) is 16.2 Å². The van der Waals surface area contributed by atoms with E-state index in [-0.39, 0.29) is 17.2 Å². The van der Waals surface area contributed by atoms with Crippen LogP contribution in [0.2, 0.25) is 0 Å². The van der Waals surface area contributed by atoms with Crippen molar-refractivity contribution in [2.75, 3.05) is 0 Å². The van der Waals surface area contributed by atoms with Gasteiger partial charge in [0.05, 0.1) is 0 Å². The number of fused-ring (bicyclic) bond motifs is 1. The minimum absolute atomic E-state index is 0.0466. The molecule has 4 nitrogen and oxygen atoms in total. The zero-order chi connectivity index (χ0) is 10.5. The smallest absolute Gasteiger partial charge is 0.334 e. The molecule has 1 aromatic rings. The van der Waals surface area contributed by atoms with Gasteiger partial charge >= 0.3 is 5.97 Å². The SMILES string of the molecule is Cc1c(O)cc(O)c2c1C(Cl)C(=O)O2. The molecule has 1 aromatic carbocycles. The third kappa shape index (κ3) is 1.04. The predicted octanol–water partition coefficient (Wildman–Crippen LogP) is 1.61. The van der Waals surface area contributed by atoms with E-state index in [1.807, 2.05) is 0 Å². The first-order valence-corrected chi connectivity index (χ1v) is 4.37. The van der Waals surface area contributed by atoms with Crippen LogP contribution in [0.3, 0.4) is 0 Å². The molecule has 1 atom stereocenters. The van der Waals surface area contributed by atoms with Gasteiger partial charge in [-0.25, -0.2) is 4.79 Å². The number of halogens is 1. The van der Waals surface area contributed by atoms with Crippen molar-refractivity contribution in [1.29, 1.82) is 0 Å². The second kappa shape index (κ2) is 2.78. The summed E-state index contributed by atoms with van der Waals surface area (Å²) in [6, 6.07) is 1.12. The zero-order valence-electron chi connectivity index (χ0n) is 7.24. The van der Waals surface area contributed by atoms with Gasteiger partial charge in [-0.2, -0.15) is 0 Å². The number of rotatable bonds is 0. The lowest BCUT2D eigenvalue weighted by molar-refractivity contribution is -0.132. The molecule has 2 rings (SSSR count). The topological polar surface area (TPSA) is 66.8 Å². The van der Waals surface area contributed by atoms with Gasteiger partial charge in [-0.3, -0.25) is 0 Å². The van der Waals surface area contributed by atoms with E-state index in [1.165, 1.54) is 0 Å². The van der Waals surface area contributed by atoms with Crippen LogP contribution in [0, 0.1) is 6.92 Å². The number of phenols is 2. The molecule has 1 aliphatic heterocycles. The molecule has 1 unspecified atom stereocenters. The van der Waals surface area contributed by atoms with Gasteiger partial charge < -0.3 is 14.9 Å². The second-order valence-electron chi connectivity index (χ2n) is 3.07. The first-order chi connectivity index (χ1) is 6.52. The van der Waals surface area contributed by atoms with E-state index >= 15 is 0 Å². The number of phenolic OH excluding ortho intramolecular Hbond substituents is 2. The molecule has 0 spiro atoms. The average molecular weight is 215 g/mol. The second-order valence-corrected chi connectivity index (χ2v) is 3.50. The van der Waals surface area contributed by atoms with Gasteiger partial charge in [-0.05, 0) is 6.92 Å². The number of carbonyl (C=O) groups excluding carboxylic acids is 1. The van der Waals surface area contributed by atoms with E-state index < -0.39 is 11.3 Å². The Labute approximate surface area is 84.7 Å². The van der Waals surface area contributed by atoms with Gasteiger partial charge in [0.1, 0.15) is 5.75 Å². The third-order valence-electron chi connectivity index (χ3n) is 2.20. The fourth-order valence-electron chi connectivity index (χ4n) is 1.43. The zero-order valence-corrected chi connectivity index (χ0v) is 8.00. The van der Waals surface area contributed by atoms with Gasteiger partial charge in [0.25, 0.3) is 0 Å². The standard InChI is InChI=1S/C9H7ClO4/c1-3-4(11)2-5(12)8-6(3)7(10)9(13)14-8/h2,7,11-12H,1H3. The van der Waals surface area contributed by atoms with E-state index in [1.54, 1.807) is 6.92 Å². The number of alkyl halides is 1. The average Bonchev–Trinajstić information content (AvgIpc) is 2.41. The lowest BCUT2D eigenvalue weighted by Gasteiger charge is -2.06. The van der Waals surface area contributed by atoms with Crippen molar-refractivity contribution in [3.63, 3.8) is 0 Å². The van der Waals surface area contributed by atoms with Crippen LogP contribution in [0.25, 0.3) is 0 Å². The fourth-order valence-corrected chi connectivity index (χ4v) is 1.74. The largest absolute Gasteiger partial charge is 0.508 e. The van der Waals surface area contributed by atoms with Crippen LogP contribution in [0.4, 0.5) is 0 Å². The lowest BCUT2D eigenvalue weighted by Crippen LogP contribution is -2.04. The van der Waals surface area contributed by atoms with Crippen molar-refractivity contribution in [2.24, 2.45) is 0 Å². The molecule has 0 saturated carbocycles. The summed E-state index contributed by atoms with van der Waals surface area (Å²) in [5.74, 6) is -0.972. The van der Waals surface area contributed by atoms with Gasteiger partial charge in [-0.1, -0.05) is 0 Å². The van der Waals surface area contributed by atoms with Crippen LogP contribution < -0.4 is 4.74 Å². The summed E-state index contributed by atoms with van der Waals surface area (Å²) in [4.78, 5) is 11.1. The summed E-state index contributed by atoms with van der Waals surface area (Å²) in [7, 11) is 0. The molecule has 14 heavy (non-hydrogen) atoms. The van der Waals surface area contributed by atoms with E-state index in [0.717, 1.165) is 6.07 Å². The number of aromatic hydroxyl groups is 2. The monoisotopic (exact) mass is 214 g/mol. The highest BCUT2D eigenvalue weighted by molar-refractivity contribution is 6.31. The molecule has 0 radical (unpaired) electrons. The molecule has 1 aliphatic rings. The molecule has 2 N–H and O–H groups in total. The molecule has 5 heteroatoms. The Kier molecular flexibility index (Phi) is 1.82. The number of hydrogen-bond donors (Lipinski definition) is 2. The third-order valence-corrected chi connectivity index (χ3v) is 2.60. The molecule has 0 fully saturated rings. The molecular formula is C9H7ClO4. The summed E-state index contributed by atoms with van der Waals surface area (Å²) in [6.45, 7) is 1.60. The van der Waals surface area contributed by atoms with Crippen LogP contribution in [0.5, 0.6) is 17.2 Å². The Balaban J connectivity index is 2.73. The number of hydrogen-bond acceptors (Lipinski definition) is 4. The van der Waals surface area contributed by atoms with Crippen LogP contribution in [0.1, 0.15) is 16.5 Å². The highest BCUT2D eigenvalue weighted by atomic mass is 35.5. The minimum Gasteiger partial charge on any atom is -0.508 e. The number of esters is 1. The van der Waals surface area contributed by atoms with Gasteiger partial charge in [0.2, 0.25) is 0 Å². The van der Waals surface area contributed by atoms with Crippen molar-refractivity contribution >= 4 is 17.6 Å². The van der Waals surface area contributed by atoms with Crippen molar-refractivity contribution in [3.05, 3.63) is 17.2 Å².